The van der Waals surface area contributed by atoms with Gasteiger partial charge in [0.05, 0.1) is 12.6 Å². The van der Waals surface area contributed by atoms with Crippen LogP contribution in [0.2, 0.25) is 0 Å². The molecule has 0 fully saturated rings. The molecule has 0 radical (unpaired) electrons. The van der Waals surface area contributed by atoms with Gasteiger partial charge in [-0.25, -0.2) is 4.98 Å². The van der Waals surface area contributed by atoms with Gasteiger partial charge in [0.15, 0.2) is 0 Å². The molecule has 1 atom stereocenters. The van der Waals surface area contributed by atoms with Gasteiger partial charge in [0, 0.05) is 6.20 Å². The van der Waals surface area contributed by atoms with Crippen LogP contribution < -0.4 is 11.1 Å². The molecule has 0 aromatic carbocycles. The fourth-order valence-electron chi connectivity index (χ4n) is 1.41. The van der Waals surface area contributed by atoms with Gasteiger partial charge < -0.3 is 16.2 Å². The molecule has 1 aromatic heterocycles. The molecule has 1 unspecified atom stereocenters. The Kier molecular flexibility index (Phi) is 4.30. The highest BCUT2D eigenvalue weighted by Gasteiger charge is 2.10. The SMILES string of the molecule is CC(C)CC(CO)Nc1ccnc(N)n1. The van der Waals surface area contributed by atoms with E-state index in [1.165, 1.54) is 0 Å². The molecule has 1 rings (SSSR count). The number of hydrogen-bond donors (Lipinski definition) is 3. The van der Waals surface area contributed by atoms with Crippen LogP contribution in [-0.2, 0) is 0 Å². The summed E-state index contributed by atoms with van der Waals surface area (Å²) in [5.74, 6) is 1.41. The quantitative estimate of drug-likeness (QED) is 0.671. The number of aliphatic hydroxyl groups is 1. The maximum Gasteiger partial charge on any atom is 0.221 e. The zero-order valence-electron chi connectivity index (χ0n) is 9.14. The third-order valence-electron chi connectivity index (χ3n) is 2.00. The minimum atomic E-state index is 0.0132. The number of hydrogen-bond acceptors (Lipinski definition) is 5. The minimum Gasteiger partial charge on any atom is -0.394 e. The fraction of sp³-hybridized carbons (Fsp3) is 0.600. The molecule has 15 heavy (non-hydrogen) atoms. The lowest BCUT2D eigenvalue weighted by atomic mass is 10.0. The van der Waals surface area contributed by atoms with E-state index in [1.54, 1.807) is 12.3 Å². The molecule has 5 nitrogen and oxygen atoms in total. The zero-order valence-corrected chi connectivity index (χ0v) is 9.14. The first kappa shape index (κ1) is 11.7. The number of nitrogen functional groups attached to an aromatic ring is 1. The van der Waals surface area contributed by atoms with Crippen molar-refractivity contribution in [2.75, 3.05) is 17.7 Å². The van der Waals surface area contributed by atoms with E-state index >= 15 is 0 Å². The van der Waals surface area contributed by atoms with Crippen molar-refractivity contribution in [3.63, 3.8) is 0 Å². The summed E-state index contributed by atoms with van der Waals surface area (Å²) in [6.45, 7) is 4.31. The lowest BCUT2D eigenvalue weighted by Gasteiger charge is -2.18. The fourth-order valence-corrected chi connectivity index (χ4v) is 1.41. The smallest absolute Gasteiger partial charge is 0.221 e. The van der Waals surface area contributed by atoms with Gasteiger partial charge in [0.2, 0.25) is 5.95 Å². The summed E-state index contributed by atoms with van der Waals surface area (Å²) in [6, 6.07) is 1.75. The first-order chi connectivity index (χ1) is 7.11. The van der Waals surface area contributed by atoms with Gasteiger partial charge in [0.1, 0.15) is 5.82 Å². The number of aliphatic hydroxyl groups excluding tert-OH is 1. The van der Waals surface area contributed by atoms with Crippen LogP contribution in [-0.4, -0.2) is 27.7 Å². The Balaban J connectivity index is 2.58. The molecular weight excluding hydrogens is 192 g/mol. The Morgan fingerprint density at radius 2 is 2.27 bits per heavy atom. The highest BCUT2D eigenvalue weighted by Crippen LogP contribution is 2.10. The predicted octanol–water partition coefficient (Wildman–Crippen LogP) is 0.878. The van der Waals surface area contributed by atoms with E-state index < -0.39 is 0 Å². The Bertz CT molecular complexity index is 303. The topological polar surface area (TPSA) is 84.1 Å². The number of anilines is 2. The van der Waals surface area contributed by atoms with Crippen molar-refractivity contribution in [3.05, 3.63) is 12.3 Å². The van der Waals surface area contributed by atoms with Crippen molar-refractivity contribution in [2.45, 2.75) is 26.3 Å². The summed E-state index contributed by atoms with van der Waals surface area (Å²) >= 11 is 0. The van der Waals surface area contributed by atoms with Gasteiger partial charge in [-0.1, -0.05) is 13.8 Å². The molecule has 1 heterocycles. The first-order valence-corrected chi connectivity index (χ1v) is 5.07. The van der Waals surface area contributed by atoms with E-state index in [-0.39, 0.29) is 18.6 Å². The third-order valence-corrected chi connectivity index (χ3v) is 2.00. The maximum atomic E-state index is 9.17. The van der Waals surface area contributed by atoms with Crippen molar-refractivity contribution in [2.24, 2.45) is 5.92 Å². The molecule has 1 aromatic rings. The molecule has 0 saturated heterocycles. The molecule has 0 spiro atoms. The van der Waals surface area contributed by atoms with E-state index in [2.05, 4.69) is 29.1 Å². The maximum absolute atomic E-state index is 9.17. The summed E-state index contributed by atoms with van der Waals surface area (Å²) in [5.41, 5.74) is 5.45. The second-order valence-corrected chi connectivity index (χ2v) is 3.95. The molecule has 0 aliphatic carbocycles. The molecule has 84 valence electrons. The molecule has 0 aliphatic rings. The van der Waals surface area contributed by atoms with E-state index in [9.17, 15) is 0 Å². The summed E-state index contributed by atoms with van der Waals surface area (Å²) in [5, 5.41) is 12.3. The van der Waals surface area contributed by atoms with Crippen LogP contribution in [0, 0.1) is 5.92 Å². The van der Waals surface area contributed by atoms with Crippen LogP contribution in [0.1, 0.15) is 20.3 Å². The second-order valence-electron chi connectivity index (χ2n) is 3.95. The van der Waals surface area contributed by atoms with Gasteiger partial charge in [-0.2, -0.15) is 4.98 Å². The van der Waals surface area contributed by atoms with E-state index in [1.807, 2.05) is 0 Å². The summed E-state index contributed by atoms with van der Waals surface area (Å²) in [4.78, 5) is 7.81. The van der Waals surface area contributed by atoms with Crippen LogP contribution >= 0.6 is 0 Å². The summed E-state index contributed by atoms with van der Waals surface area (Å²) in [7, 11) is 0. The van der Waals surface area contributed by atoms with Crippen LogP contribution in [0.15, 0.2) is 12.3 Å². The predicted molar refractivity (Wildman–Crippen MR) is 60.4 cm³/mol. The van der Waals surface area contributed by atoms with E-state index in [0.29, 0.717) is 11.7 Å². The summed E-state index contributed by atoms with van der Waals surface area (Å²) < 4.78 is 0. The van der Waals surface area contributed by atoms with Gasteiger partial charge in [0.25, 0.3) is 0 Å². The molecular formula is C10H18N4O. The molecule has 4 N–H and O–H groups in total. The largest absolute Gasteiger partial charge is 0.394 e. The average Bonchev–Trinajstić information content (AvgIpc) is 2.16. The molecule has 0 saturated carbocycles. The van der Waals surface area contributed by atoms with Crippen molar-refractivity contribution < 1.29 is 5.11 Å². The van der Waals surface area contributed by atoms with Crippen LogP contribution in [0.3, 0.4) is 0 Å². The van der Waals surface area contributed by atoms with Crippen molar-refractivity contribution in [1.29, 1.82) is 0 Å². The Hall–Kier alpha value is -1.36. The van der Waals surface area contributed by atoms with Crippen LogP contribution in [0.5, 0.6) is 0 Å². The van der Waals surface area contributed by atoms with Crippen molar-refractivity contribution in [1.82, 2.24) is 9.97 Å². The lowest BCUT2D eigenvalue weighted by molar-refractivity contribution is 0.259. The molecule has 0 bridgehead atoms. The normalized spacial score (nSPS) is 12.8. The number of rotatable bonds is 5. The van der Waals surface area contributed by atoms with Gasteiger partial charge in [-0.3, -0.25) is 0 Å². The van der Waals surface area contributed by atoms with E-state index in [0.717, 1.165) is 6.42 Å². The standard InChI is InChI=1S/C10H18N4O/c1-7(2)5-8(6-15)13-9-3-4-12-10(11)14-9/h3-4,7-8,15H,5-6H2,1-2H3,(H3,11,12,13,14). The van der Waals surface area contributed by atoms with Crippen LogP contribution in [0.25, 0.3) is 0 Å². The number of aromatic nitrogens is 2. The number of nitrogens with two attached hydrogens (primary N) is 1. The van der Waals surface area contributed by atoms with E-state index in [4.69, 9.17) is 10.8 Å². The van der Waals surface area contributed by atoms with Gasteiger partial charge in [-0.15, -0.1) is 0 Å². The molecule has 0 amide bonds. The average molecular weight is 210 g/mol. The number of nitrogens with one attached hydrogen (secondary N) is 1. The number of nitrogens with zero attached hydrogens (tertiary/aromatic N) is 2. The van der Waals surface area contributed by atoms with Gasteiger partial charge >= 0.3 is 0 Å². The molecule has 5 heteroatoms. The Morgan fingerprint density at radius 3 is 2.80 bits per heavy atom. The minimum absolute atomic E-state index is 0.0132. The third kappa shape index (κ3) is 4.12. The second kappa shape index (κ2) is 5.50. The summed E-state index contributed by atoms with van der Waals surface area (Å²) in [6.07, 6.45) is 2.48. The van der Waals surface area contributed by atoms with Crippen molar-refractivity contribution >= 4 is 11.8 Å². The Labute approximate surface area is 89.7 Å². The highest BCUT2D eigenvalue weighted by molar-refractivity contribution is 5.38. The molecule has 0 aliphatic heterocycles. The van der Waals surface area contributed by atoms with Crippen LogP contribution in [0.4, 0.5) is 11.8 Å². The monoisotopic (exact) mass is 210 g/mol. The Morgan fingerprint density at radius 1 is 1.53 bits per heavy atom. The zero-order chi connectivity index (χ0) is 11.3. The first-order valence-electron chi connectivity index (χ1n) is 5.07. The highest BCUT2D eigenvalue weighted by atomic mass is 16.3. The lowest BCUT2D eigenvalue weighted by Crippen LogP contribution is -2.26. The van der Waals surface area contributed by atoms with Crippen molar-refractivity contribution in [3.8, 4) is 0 Å². The van der Waals surface area contributed by atoms with Gasteiger partial charge in [-0.05, 0) is 18.4 Å².